The number of carbonyl (C=O) groups excluding carboxylic acids is 1. The van der Waals surface area contributed by atoms with E-state index in [1.54, 1.807) is 11.8 Å². The Morgan fingerprint density at radius 3 is 2.71 bits per heavy atom. The fourth-order valence-corrected chi connectivity index (χ4v) is 2.38. The molecular weight excluding hydrogens is 300 g/mol. The predicted molar refractivity (Wildman–Crippen MR) is 76.1 cm³/mol. The standard InChI is InChI=1S/C12H17BrN2OS/c1-9(12(16)15-8-2-7-14)17-11-5-3-10(13)4-6-11/h3-6,9H,2,7-8,14H2,1H3,(H,15,16). The number of nitrogens with one attached hydrogen (secondary N) is 1. The normalized spacial score (nSPS) is 12.2. The van der Waals surface area contributed by atoms with Gasteiger partial charge in [0.1, 0.15) is 0 Å². The van der Waals surface area contributed by atoms with Gasteiger partial charge in [-0.1, -0.05) is 15.9 Å². The SMILES string of the molecule is CC(Sc1ccc(Br)cc1)C(=O)NCCCN. The largest absolute Gasteiger partial charge is 0.355 e. The average Bonchev–Trinajstić information content (AvgIpc) is 2.32. The van der Waals surface area contributed by atoms with Crippen LogP contribution >= 0.6 is 27.7 Å². The van der Waals surface area contributed by atoms with E-state index in [4.69, 9.17) is 5.73 Å². The summed E-state index contributed by atoms with van der Waals surface area (Å²) in [5, 5.41) is 2.78. The topological polar surface area (TPSA) is 55.1 Å². The monoisotopic (exact) mass is 316 g/mol. The summed E-state index contributed by atoms with van der Waals surface area (Å²) >= 11 is 4.94. The summed E-state index contributed by atoms with van der Waals surface area (Å²) in [6.45, 7) is 3.17. The van der Waals surface area contributed by atoms with Crippen LogP contribution in [-0.4, -0.2) is 24.2 Å². The number of hydrogen-bond acceptors (Lipinski definition) is 3. The second-order valence-electron chi connectivity index (χ2n) is 3.65. The van der Waals surface area contributed by atoms with E-state index in [0.29, 0.717) is 13.1 Å². The summed E-state index contributed by atoms with van der Waals surface area (Å²) in [4.78, 5) is 12.8. The Balaban J connectivity index is 2.40. The molecule has 0 fully saturated rings. The van der Waals surface area contributed by atoms with Crippen molar-refractivity contribution in [2.45, 2.75) is 23.5 Å². The van der Waals surface area contributed by atoms with Gasteiger partial charge < -0.3 is 11.1 Å². The van der Waals surface area contributed by atoms with E-state index in [9.17, 15) is 4.79 Å². The Morgan fingerprint density at radius 2 is 2.12 bits per heavy atom. The summed E-state index contributed by atoms with van der Waals surface area (Å²) in [5.74, 6) is 0.0615. The molecule has 1 aromatic carbocycles. The Kier molecular flexibility index (Phi) is 6.62. The summed E-state index contributed by atoms with van der Waals surface area (Å²) in [5.41, 5.74) is 5.37. The van der Waals surface area contributed by atoms with Gasteiger partial charge in [-0.25, -0.2) is 0 Å². The van der Waals surface area contributed by atoms with Gasteiger partial charge in [-0.2, -0.15) is 0 Å². The molecule has 0 saturated carbocycles. The zero-order valence-electron chi connectivity index (χ0n) is 9.78. The van der Waals surface area contributed by atoms with Crippen LogP contribution < -0.4 is 11.1 Å². The Labute approximate surface area is 115 Å². The van der Waals surface area contributed by atoms with Crippen LogP contribution in [0.5, 0.6) is 0 Å². The third kappa shape index (κ3) is 5.57. The van der Waals surface area contributed by atoms with E-state index < -0.39 is 0 Å². The summed E-state index contributed by atoms with van der Waals surface area (Å²) in [6.07, 6.45) is 0.821. The van der Waals surface area contributed by atoms with Crippen molar-refractivity contribution < 1.29 is 4.79 Å². The number of benzene rings is 1. The van der Waals surface area contributed by atoms with Gasteiger partial charge in [-0.3, -0.25) is 4.79 Å². The lowest BCUT2D eigenvalue weighted by Gasteiger charge is -2.11. The van der Waals surface area contributed by atoms with Crippen LogP contribution in [0.25, 0.3) is 0 Å². The van der Waals surface area contributed by atoms with Crippen molar-refractivity contribution >= 4 is 33.6 Å². The Morgan fingerprint density at radius 1 is 1.47 bits per heavy atom. The van der Waals surface area contributed by atoms with Crippen LogP contribution in [0.4, 0.5) is 0 Å². The van der Waals surface area contributed by atoms with Gasteiger partial charge in [0.05, 0.1) is 5.25 Å². The van der Waals surface area contributed by atoms with Crippen molar-refractivity contribution in [2.24, 2.45) is 5.73 Å². The molecule has 0 aliphatic rings. The van der Waals surface area contributed by atoms with Gasteiger partial charge in [0.15, 0.2) is 0 Å². The Hall–Kier alpha value is -0.520. The number of nitrogens with two attached hydrogens (primary N) is 1. The smallest absolute Gasteiger partial charge is 0.233 e. The van der Waals surface area contributed by atoms with Gasteiger partial charge in [-0.15, -0.1) is 11.8 Å². The van der Waals surface area contributed by atoms with Crippen molar-refractivity contribution in [3.63, 3.8) is 0 Å². The first-order valence-corrected chi connectivity index (χ1v) is 7.20. The van der Waals surface area contributed by atoms with Crippen LogP contribution in [0.15, 0.2) is 33.6 Å². The molecule has 1 unspecified atom stereocenters. The molecule has 1 aromatic rings. The van der Waals surface area contributed by atoms with Crippen molar-refractivity contribution in [3.05, 3.63) is 28.7 Å². The first-order valence-electron chi connectivity index (χ1n) is 5.53. The van der Waals surface area contributed by atoms with Gasteiger partial charge in [0, 0.05) is 15.9 Å². The molecule has 0 aliphatic heterocycles. The van der Waals surface area contributed by atoms with Crippen molar-refractivity contribution in [1.82, 2.24) is 5.32 Å². The molecule has 0 radical (unpaired) electrons. The van der Waals surface area contributed by atoms with Crippen molar-refractivity contribution in [1.29, 1.82) is 0 Å². The van der Waals surface area contributed by atoms with Gasteiger partial charge in [-0.05, 0) is 44.2 Å². The van der Waals surface area contributed by atoms with Crippen molar-refractivity contribution in [3.8, 4) is 0 Å². The lowest BCUT2D eigenvalue weighted by atomic mass is 10.4. The van der Waals surface area contributed by atoms with Crippen LogP contribution in [0, 0.1) is 0 Å². The highest BCUT2D eigenvalue weighted by molar-refractivity contribution is 9.10. The molecule has 0 aromatic heterocycles. The van der Waals surface area contributed by atoms with E-state index in [1.807, 2.05) is 31.2 Å². The minimum Gasteiger partial charge on any atom is -0.355 e. The molecule has 3 N–H and O–H groups in total. The number of hydrogen-bond donors (Lipinski definition) is 2. The first kappa shape index (κ1) is 14.5. The maximum absolute atomic E-state index is 11.7. The number of thioether (sulfide) groups is 1. The lowest BCUT2D eigenvalue weighted by molar-refractivity contribution is -0.120. The van der Waals surface area contributed by atoms with Gasteiger partial charge in [0.25, 0.3) is 0 Å². The average molecular weight is 317 g/mol. The fourth-order valence-electron chi connectivity index (χ4n) is 1.23. The fraction of sp³-hybridized carbons (Fsp3) is 0.417. The second kappa shape index (κ2) is 7.74. The van der Waals surface area contributed by atoms with Crippen LogP contribution in [0.1, 0.15) is 13.3 Å². The maximum atomic E-state index is 11.7. The zero-order chi connectivity index (χ0) is 12.7. The highest BCUT2D eigenvalue weighted by atomic mass is 79.9. The summed E-state index contributed by atoms with van der Waals surface area (Å²) < 4.78 is 1.04. The quantitative estimate of drug-likeness (QED) is 0.626. The molecule has 0 heterocycles. The van der Waals surface area contributed by atoms with Crippen LogP contribution in [0.2, 0.25) is 0 Å². The number of amides is 1. The lowest BCUT2D eigenvalue weighted by Crippen LogP contribution is -2.32. The van der Waals surface area contributed by atoms with E-state index >= 15 is 0 Å². The molecule has 94 valence electrons. The molecule has 0 bridgehead atoms. The van der Waals surface area contributed by atoms with Crippen LogP contribution in [-0.2, 0) is 4.79 Å². The molecule has 1 amide bonds. The molecule has 0 aliphatic carbocycles. The molecule has 1 atom stereocenters. The summed E-state index contributed by atoms with van der Waals surface area (Å²) in [7, 11) is 0. The third-order valence-electron chi connectivity index (χ3n) is 2.18. The molecule has 0 saturated heterocycles. The number of carbonyl (C=O) groups is 1. The van der Waals surface area contributed by atoms with E-state index in [1.165, 1.54) is 0 Å². The Bertz CT molecular complexity index is 356. The summed E-state index contributed by atoms with van der Waals surface area (Å²) in [6, 6.07) is 7.94. The molecular formula is C12H17BrN2OS. The second-order valence-corrected chi connectivity index (χ2v) is 5.98. The first-order chi connectivity index (χ1) is 8.13. The van der Waals surface area contributed by atoms with E-state index in [2.05, 4.69) is 21.2 Å². The van der Waals surface area contributed by atoms with E-state index in [0.717, 1.165) is 15.8 Å². The molecule has 5 heteroatoms. The van der Waals surface area contributed by atoms with Gasteiger partial charge in [0.2, 0.25) is 5.91 Å². The van der Waals surface area contributed by atoms with Crippen LogP contribution in [0.3, 0.4) is 0 Å². The zero-order valence-corrected chi connectivity index (χ0v) is 12.2. The van der Waals surface area contributed by atoms with Gasteiger partial charge >= 0.3 is 0 Å². The molecule has 0 spiro atoms. The maximum Gasteiger partial charge on any atom is 0.233 e. The highest BCUT2D eigenvalue weighted by Gasteiger charge is 2.13. The number of halogens is 1. The minimum absolute atomic E-state index is 0.0615. The third-order valence-corrected chi connectivity index (χ3v) is 3.82. The highest BCUT2D eigenvalue weighted by Crippen LogP contribution is 2.24. The molecule has 3 nitrogen and oxygen atoms in total. The van der Waals surface area contributed by atoms with Crippen molar-refractivity contribution in [2.75, 3.05) is 13.1 Å². The minimum atomic E-state index is -0.0889. The molecule has 17 heavy (non-hydrogen) atoms. The molecule has 1 rings (SSSR count). The predicted octanol–water partition coefficient (Wildman–Crippen LogP) is 2.39. The van der Waals surface area contributed by atoms with E-state index in [-0.39, 0.29) is 11.2 Å². The number of rotatable bonds is 6.